The molecule has 0 fully saturated rings. The topological polar surface area (TPSA) is 56.0 Å². The maximum atomic E-state index is 9.96. The van der Waals surface area contributed by atoms with E-state index in [1.807, 2.05) is 42.5 Å². The summed E-state index contributed by atoms with van der Waals surface area (Å²) in [5.74, 6) is 0. The van der Waals surface area contributed by atoms with Crippen LogP contribution in [0.1, 0.15) is 16.7 Å². The molecule has 2 aromatic rings. The molecule has 0 heterocycles. The fraction of sp³-hybridized carbons (Fsp3) is 0.235. The first-order valence-corrected chi connectivity index (χ1v) is 6.69. The lowest BCUT2D eigenvalue weighted by molar-refractivity contribution is 0.171. The monoisotopic (exact) mass is 266 g/mol. The van der Waals surface area contributed by atoms with Gasteiger partial charge in [-0.1, -0.05) is 42.5 Å². The Morgan fingerprint density at radius 1 is 1.00 bits per heavy atom. The molecule has 0 amide bonds. The van der Waals surface area contributed by atoms with Gasteiger partial charge in [-0.05, 0) is 29.7 Å². The van der Waals surface area contributed by atoms with E-state index in [1.54, 1.807) is 12.1 Å². The van der Waals surface area contributed by atoms with Crippen molar-refractivity contribution >= 4 is 0 Å². The summed E-state index contributed by atoms with van der Waals surface area (Å²) in [5, 5.41) is 21.9. The van der Waals surface area contributed by atoms with Crippen molar-refractivity contribution in [3.63, 3.8) is 0 Å². The zero-order valence-electron chi connectivity index (χ0n) is 11.3. The predicted octanol–water partition coefficient (Wildman–Crippen LogP) is 2.25. The zero-order chi connectivity index (χ0) is 14.2. The first kappa shape index (κ1) is 14.3. The molecule has 20 heavy (non-hydrogen) atoms. The molecule has 0 aliphatic heterocycles. The highest BCUT2D eigenvalue weighted by molar-refractivity contribution is 5.31. The van der Waals surface area contributed by atoms with Crippen LogP contribution in [0.5, 0.6) is 0 Å². The largest absolute Gasteiger partial charge is 0.391 e. The third kappa shape index (κ3) is 4.51. The van der Waals surface area contributed by atoms with Crippen molar-refractivity contribution in [1.82, 2.24) is 5.32 Å². The minimum Gasteiger partial charge on any atom is -0.391 e. The summed E-state index contributed by atoms with van der Waals surface area (Å²) in [4.78, 5) is 0. The molecule has 1 atom stereocenters. The minimum atomic E-state index is -0.393. The third-order valence-corrected chi connectivity index (χ3v) is 3.11. The van der Waals surface area contributed by atoms with Crippen LogP contribution in [0.3, 0.4) is 0 Å². The van der Waals surface area contributed by atoms with E-state index in [4.69, 9.17) is 5.26 Å². The van der Waals surface area contributed by atoms with Crippen LogP contribution in [0, 0.1) is 11.3 Å². The van der Waals surface area contributed by atoms with Crippen molar-refractivity contribution in [3.05, 3.63) is 71.3 Å². The highest BCUT2D eigenvalue weighted by atomic mass is 16.3. The number of nitrogens with zero attached hydrogens (tertiary/aromatic N) is 1. The van der Waals surface area contributed by atoms with Crippen LogP contribution in [-0.2, 0) is 13.0 Å². The number of aliphatic hydroxyl groups excluding tert-OH is 1. The normalized spacial score (nSPS) is 11.8. The quantitative estimate of drug-likeness (QED) is 0.843. The summed E-state index contributed by atoms with van der Waals surface area (Å²) in [6, 6.07) is 19.5. The lowest BCUT2D eigenvalue weighted by atomic mass is 10.1. The Morgan fingerprint density at radius 3 is 2.35 bits per heavy atom. The number of nitrogens with one attached hydrogen (secondary N) is 1. The Hall–Kier alpha value is -2.15. The highest BCUT2D eigenvalue weighted by Crippen LogP contribution is 2.04. The van der Waals surface area contributed by atoms with E-state index < -0.39 is 6.10 Å². The minimum absolute atomic E-state index is 0.393. The maximum absolute atomic E-state index is 9.96. The van der Waals surface area contributed by atoms with Crippen LogP contribution >= 0.6 is 0 Å². The van der Waals surface area contributed by atoms with E-state index in [-0.39, 0.29) is 0 Å². The average Bonchev–Trinajstić information content (AvgIpc) is 2.49. The van der Waals surface area contributed by atoms with Crippen LogP contribution in [0.25, 0.3) is 0 Å². The second-order valence-corrected chi connectivity index (χ2v) is 4.78. The number of aliphatic hydroxyl groups is 1. The number of hydrogen-bond acceptors (Lipinski definition) is 3. The van der Waals surface area contributed by atoms with Gasteiger partial charge >= 0.3 is 0 Å². The van der Waals surface area contributed by atoms with Crippen LogP contribution in [0.15, 0.2) is 54.6 Å². The molecular formula is C17H18N2O. The molecule has 3 nitrogen and oxygen atoms in total. The molecule has 0 aliphatic rings. The van der Waals surface area contributed by atoms with Gasteiger partial charge in [-0.15, -0.1) is 0 Å². The van der Waals surface area contributed by atoms with Crippen LogP contribution < -0.4 is 5.32 Å². The molecule has 0 aromatic heterocycles. The fourth-order valence-electron chi connectivity index (χ4n) is 2.04. The number of benzene rings is 2. The molecule has 0 radical (unpaired) electrons. The van der Waals surface area contributed by atoms with Crippen molar-refractivity contribution in [2.45, 2.75) is 19.1 Å². The lowest BCUT2D eigenvalue weighted by Crippen LogP contribution is -2.28. The van der Waals surface area contributed by atoms with Gasteiger partial charge in [0.25, 0.3) is 0 Å². The molecule has 0 bridgehead atoms. The van der Waals surface area contributed by atoms with Crippen LogP contribution in [0.4, 0.5) is 0 Å². The molecular weight excluding hydrogens is 248 g/mol. The predicted molar refractivity (Wildman–Crippen MR) is 79.0 cm³/mol. The van der Waals surface area contributed by atoms with Gasteiger partial charge in [0, 0.05) is 13.1 Å². The van der Waals surface area contributed by atoms with Crippen molar-refractivity contribution in [1.29, 1.82) is 5.26 Å². The van der Waals surface area contributed by atoms with Crippen molar-refractivity contribution in [2.75, 3.05) is 6.54 Å². The van der Waals surface area contributed by atoms with Crippen molar-refractivity contribution in [3.8, 4) is 6.07 Å². The van der Waals surface area contributed by atoms with E-state index in [2.05, 4.69) is 11.4 Å². The van der Waals surface area contributed by atoms with Gasteiger partial charge in [0.15, 0.2) is 0 Å². The van der Waals surface area contributed by atoms with Crippen LogP contribution in [-0.4, -0.2) is 17.8 Å². The Balaban J connectivity index is 1.73. The third-order valence-electron chi connectivity index (χ3n) is 3.11. The lowest BCUT2D eigenvalue weighted by Gasteiger charge is -2.12. The summed E-state index contributed by atoms with van der Waals surface area (Å²) < 4.78 is 0. The van der Waals surface area contributed by atoms with Crippen molar-refractivity contribution in [2.24, 2.45) is 0 Å². The molecule has 2 aromatic carbocycles. The van der Waals surface area contributed by atoms with Gasteiger partial charge in [-0.25, -0.2) is 0 Å². The van der Waals surface area contributed by atoms with Gasteiger partial charge in [0.2, 0.25) is 0 Å². The number of rotatable bonds is 6. The molecule has 0 saturated heterocycles. The maximum Gasteiger partial charge on any atom is 0.0991 e. The molecule has 2 N–H and O–H groups in total. The number of hydrogen-bond donors (Lipinski definition) is 2. The first-order chi connectivity index (χ1) is 9.78. The van der Waals surface area contributed by atoms with Gasteiger partial charge in [0.05, 0.1) is 17.7 Å². The van der Waals surface area contributed by atoms with Gasteiger partial charge < -0.3 is 10.4 Å². The molecule has 0 aliphatic carbocycles. The molecule has 2 rings (SSSR count). The van der Waals surface area contributed by atoms with Gasteiger partial charge in [-0.3, -0.25) is 0 Å². The first-order valence-electron chi connectivity index (χ1n) is 6.69. The smallest absolute Gasteiger partial charge is 0.0991 e. The second-order valence-electron chi connectivity index (χ2n) is 4.78. The Labute approximate surface area is 119 Å². The highest BCUT2D eigenvalue weighted by Gasteiger charge is 2.04. The second kappa shape index (κ2) is 7.44. The van der Waals surface area contributed by atoms with E-state index in [0.29, 0.717) is 25.1 Å². The summed E-state index contributed by atoms with van der Waals surface area (Å²) in [6.45, 7) is 1.24. The van der Waals surface area contributed by atoms with E-state index in [0.717, 1.165) is 11.1 Å². The standard InChI is InChI=1S/C17H18N2O/c18-11-15-6-8-16(9-7-15)12-19-13-17(20)10-14-4-2-1-3-5-14/h1-9,17,19-20H,10,12-13H2. The van der Waals surface area contributed by atoms with E-state index >= 15 is 0 Å². The van der Waals surface area contributed by atoms with Gasteiger partial charge in [-0.2, -0.15) is 5.26 Å². The van der Waals surface area contributed by atoms with Gasteiger partial charge in [0.1, 0.15) is 0 Å². The zero-order valence-corrected chi connectivity index (χ0v) is 11.3. The molecule has 1 unspecified atom stereocenters. The fourth-order valence-corrected chi connectivity index (χ4v) is 2.04. The molecule has 0 saturated carbocycles. The molecule has 3 heteroatoms. The summed E-state index contributed by atoms with van der Waals surface area (Å²) in [6.07, 6.45) is 0.261. The Bertz CT molecular complexity index is 558. The van der Waals surface area contributed by atoms with E-state index in [9.17, 15) is 5.11 Å². The SMILES string of the molecule is N#Cc1ccc(CNCC(O)Cc2ccccc2)cc1. The van der Waals surface area contributed by atoms with E-state index in [1.165, 1.54) is 0 Å². The van der Waals surface area contributed by atoms with Crippen LogP contribution in [0.2, 0.25) is 0 Å². The number of nitriles is 1. The Kier molecular flexibility index (Phi) is 5.31. The summed E-state index contributed by atoms with van der Waals surface area (Å²) in [5.41, 5.74) is 2.91. The summed E-state index contributed by atoms with van der Waals surface area (Å²) in [7, 11) is 0. The molecule has 0 spiro atoms. The average molecular weight is 266 g/mol. The molecule has 102 valence electrons. The van der Waals surface area contributed by atoms with Crippen molar-refractivity contribution < 1.29 is 5.11 Å². The summed E-state index contributed by atoms with van der Waals surface area (Å²) >= 11 is 0. The Morgan fingerprint density at radius 2 is 1.70 bits per heavy atom.